The van der Waals surface area contributed by atoms with E-state index >= 15 is 0 Å². The van der Waals surface area contributed by atoms with Crippen LogP contribution in [0.25, 0.3) is 0 Å². The molecule has 0 amide bonds. The minimum atomic E-state index is -0.704. The van der Waals surface area contributed by atoms with E-state index in [1.165, 1.54) is 0 Å². The van der Waals surface area contributed by atoms with E-state index in [1.54, 1.807) is 19.2 Å². The quantitative estimate of drug-likeness (QED) is 0.866. The summed E-state index contributed by atoms with van der Waals surface area (Å²) in [7, 11) is 1.77. The molecule has 0 saturated carbocycles. The first kappa shape index (κ1) is 12.5. The number of fused-ring (bicyclic) bond motifs is 1. The Bertz CT molecular complexity index is 398. The molecule has 2 rings (SSSR count). The van der Waals surface area contributed by atoms with Crippen LogP contribution in [0.4, 0.5) is 0 Å². The van der Waals surface area contributed by atoms with Crippen LogP contribution in [0, 0.1) is 0 Å². The number of nitrogens with one attached hydrogen (secondary N) is 1. The highest BCUT2D eigenvalue weighted by atomic mass is 35.5. The lowest BCUT2D eigenvalue weighted by atomic mass is 10.1. The molecule has 1 heterocycles. The standard InChI is InChI=1S/C12H16ClNO3/c1-14-7-9(15)11-8(13)3-4-10-12(11)17-6-2-5-16-10/h3-4,9,14-15H,2,5-7H2,1H3. The van der Waals surface area contributed by atoms with Crippen LogP contribution in [0.2, 0.25) is 5.02 Å². The zero-order valence-electron chi connectivity index (χ0n) is 9.70. The lowest BCUT2D eigenvalue weighted by Gasteiger charge is -2.18. The second-order valence-electron chi connectivity index (χ2n) is 3.91. The fourth-order valence-electron chi connectivity index (χ4n) is 1.84. The molecule has 1 aromatic rings. The molecule has 1 aliphatic rings. The monoisotopic (exact) mass is 257 g/mol. The molecule has 17 heavy (non-hydrogen) atoms. The number of ether oxygens (including phenoxy) is 2. The number of hydrogen-bond donors (Lipinski definition) is 2. The van der Waals surface area contributed by atoms with Gasteiger partial charge in [0, 0.05) is 18.5 Å². The third-order valence-electron chi connectivity index (χ3n) is 2.63. The molecule has 2 N–H and O–H groups in total. The van der Waals surface area contributed by atoms with Crippen molar-refractivity contribution >= 4 is 11.6 Å². The van der Waals surface area contributed by atoms with Crippen LogP contribution in [0.15, 0.2) is 12.1 Å². The van der Waals surface area contributed by atoms with Crippen LogP contribution >= 0.6 is 11.6 Å². The first-order chi connectivity index (χ1) is 8.24. The SMILES string of the molecule is CNCC(O)c1c(Cl)ccc2c1OCCCO2. The highest BCUT2D eigenvalue weighted by molar-refractivity contribution is 6.31. The summed E-state index contributed by atoms with van der Waals surface area (Å²) in [6.45, 7) is 1.61. The van der Waals surface area contributed by atoms with Gasteiger partial charge in [-0.05, 0) is 19.2 Å². The van der Waals surface area contributed by atoms with Gasteiger partial charge in [-0.1, -0.05) is 11.6 Å². The van der Waals surface area contributed by atoms with Gasteiger partial charge in [0.15, 0.2) is 11.5 Å². The number of halogens is 1. The van der Waals surface area contributed by atoms with E-state index in [0.29, 0.717) is 41.8 Å². The second kappa shape index (κ2) is 5.58. The van der Waals surface area contributed by atoms with E-state index in [-0.39, 0.29) is 0 Å². The molecular formula is C12H16ClNO3. The first-order valence-corrected chi connectivity index (χ1v) is 6.02. The van der Waals surface area contributed by atoms with Gasteiger partial charge in [-0.3, -0.25) is 0 Å². The summed E-state index contributed by atoms with van der Waals surface area (Å²) < 4.78 is 11.2. The smallest absolute Gasteiger partial charge is 0.168 e. The number of aliphatic hydroxyl groups is 1. The lowest BCUT2D eigenvalue weighted by molar-refractivity contribution is 0.171. The molecule has 0 aliphatic carbocycles. The second-order valence-corrected chi connectivity index (χ2v) is 4.32. The van der Waals surface area contributed by atoms with Crippen molar-refractivity contribution < 1.29 is 14.6 Å². The fourth-order valence-corrected chi connectivity index (χ4v) is 2.11. The third kappa shape index (κ3) is 2.65. The summed E-state index contributed by atoms with van der Waals surface area (Å²) in [5.74, 6) is 1.22. The largest absolute Gasteiger partial charge is 0.490 e. The van der Waals surface area contributed by atoms with Crippen LogP contribution < -0.4 is 14.8 Å². The molecule has 4 nitrogen and oxygen atoms in total. The minimum Gasteiger partial charge on any atom is -0.490 e. The maximum atomic E-state index is 10.1. The van der Waals surface area contributed by atoms with E-state index in [1.807, 2.05) is 0 Å². The van der Waals surface area contributed by atoms with Crippen LogP contribution in [0.5, 0.6) is 11.5 Å². The van der Waals surface area contributed by atoms with Crippen LogP contribution in [-0.4, -0.2) is 31.9 Å². The van der Waals surface area contributed by atoms with Gasteiger partial charge < -0.3 is 19.9 Å². The van der Waals surface area contributed by atoms with E-state index in [0.717, 1.165) is 6.42 Å². The Morgan fingerprint density at radius 3 is 2.94 bits per heavy atom. The Morgan fingerprint density at radius 2 is 2.18 bits per heavy atom. The van der Waals surface area contributed by atoms with Gasteiger partial charge >= 0.3 is 0 Å². The summed E-state index contributed by atoms with van der Waals surface area (Å²) in [6, 6.07) is 3.50. The third-order valence-corrected chi connectivity index (χ3v) is 2.96. The zero-order valence-corrected chi connectivity index (χ0v) is 10.5. The average molecular weight is 258 g/mol. The first-order valence-electron chi connectivity index (χ1n) is 5.64. The Labute approximate surface area is 105 Å². The Morgan fingerprint density at radius 1 is 1.41 bits per heavy atom. The van der Waals surface area contributed by atoms with Gasteiger partial charge in [0.1, 0.15) is 0 Å². The van der Waals surface area contributed by atoms with Crippen LogP contribution in [-0.2, 0) is 0 Å². The molecule has 0 saturated heterocycles. The van der Waals surface area contributed by atoms with Crippen molar-refractivity contribution in [2.45, 2.75) is 12.5 Å². The number of benzene rings is 1. The van der Waals surface area contributed by atoms with E-state index in [4.69, 9.17) is 21.1 Å². The number of aliphatic hydroxyl groups excluding tert-OH is 1. The average Bonchev–Trinajstić information content (AvgIpc) is 2.54. The molecule has 0 fully saturated rings. The van der Waals surface area contributed by atoms with Crippen molar-refractivity contribution in [1.29, 1.82) is 0 Å². The van der Waals surface area contributed by atoms with E-state index in [9.17, 15) is 5.11 Å². The molecule has 1 atom stereocenters. The predicted molar refractivity (Wildman–Crippen MR) is 65.9 cm³/mol. The molecule has 1 aliphatic heterocycles. The summed E-state index contributed by atoms with van der Waals surface area (Å²) >= 11 is 6.12. The lowest BCUT2D eigenvalue weighted by Crippen LogP contribution is -2.18. The number of rotatable bonds is 3. The predicted octanol–water partition coefficient (Wildman–Crippen LogP) is 1.75. The van der Waals surface area contributed by atoms with Gasteiger partial charge in [-0.15, -0.1) is 0 Å². The maximum Gasteiger partial charge on any atom is 0.168 e. The molecule has 0 radical (unpaired) electrons. The summed E-state index contributed by atoms with van der Waals surface area (Å²) in [4.78, 5) is 0. The molecule has 5 heteroatoms. The normalized spacial score (nSPS) is 16.4. The molecule has 1 aromatic carbocycles. The van der Waals surface area contributed by atoms with Crippen LogP contribution in [0.1, 0.15) is 18.1 Å². The van der Waals surface area contributed by atoms with Crippen molar-refractivity contribution in [2.24, 2.45) is 0 Å². The molecule has 94 valence electrons. The Kier molecular flexibility index (Phi) is 4.10. The van der Waals surface area contributed by atoms with Crippen molar-refractivity contribution in [1.82, 2.24) is 5.32 Å². The number of likely N-dealkylation sites (N-methyl/N-ethyl adjacent to an activating group) is 1. The van der Waals surface area contributed by atoms with Gasteiger partial charge in [-0.25, -0.2) is 0 Å². The topological polar surface area (TPSA) is 50.7 Å². The van der Waals surface area contributed by atoms with Gasteiger partial charge in [0.25, 0.3) is 0 Å². The number of hydrogen-bond acceptors (Lipinski definition) is 4. The molecule has 0 aromatic heterocycles. The highest BCUT2D eigenvalue weighted by Gasteiger charge is 2.22. The Hall–Kier alpha value is -0.970. The summed E-state index contributed by atoms with van der Waals surface area (Å²) in [5.41, 5.74) is 0.598. The van der Waals surface area contributed by atoms with Crippen molar-refractivity contribution in [2.75, 3.05) is 26.8 Å². The molecular weight excluding hydrogens is 242 g/mol. The van der Waals surface area contributed by atoms with Crippen molar-refractivity contribution in [3.05, 3.63) is 22.7 Å². The van der Waals surface area contributed by atoms with Gasteiger partial charge in [0.05, 0.1) is 24.3 Å². The van der Waals surface area contributed by atoms with E-state index < -0.39 is 6.10 Å². The zero-order chi connectivity index (χ0) is 12.3. The van der Waals surface area contributed by atoms with Crippen molar-refractivity contribution in [3.8, 4) is 11.5 Å². The van der Waals surface area contributed by atoms with Crippen molar-refractivity contribution in [3.63, 3.8) is 0 Å². The Balaban J connectivity index is 2.41. The van der Waals surface area contributed by atoms with Gasteiger partial charge in [-0.2, -0.15) is 0 Å². The molecule has 1 unspecified atom stereocenters. The molecule has 0 bridgehead atoms. The minimum absolute atomic E-state index is 0.416. The fraction of sp³-hybridized carbons (Fsp3) is 0.500. The highest BCUT2D eigenvalue weighted by Crippen LogP contribution is 2.40. The summed E-state index contributed by atoms with van der Waals surface area (Å²) in [6.07, 6.45) is 0.123. The maximum absolute atomic E-state index is 10.1. The van der Waals surface area contributed by atoms with Gasteiger partial charge in [0.2, 0.25) is 0 Å². The van der Waals surface area contributed by atoms with E-state index in [2.05, 4.69) is 5.32 Å². The summed E-state index contributed by atoms with van der Waals surface area (Å²) in [5, 5.41) is 13.5. The molecule has 0 spiro atoms. The van der Waals surface area contributed by atoms with Crippen LogP contribution in [0.3, 0.4) is 0 Å².